The molecule has 4 aromatic rings. The maximum atomic E-state index is 15.1. The number of ether oxygens (including phenoxy) is 1. The van der Waals surface area contributed by atoms with Gasteiger partial charge >= 0.3 is 5.69 Å². The largest absolute Gasteiger partial charge is 0.379 e. The highest BCUT2D eigenvalue weighted by Crippen LogP contribution is 2.31. The average molecular weight is 666 g/mol. The van der Waals surface area contributed by atoms with Crippen LogP contribution < -0.4 is 27.8 Å². The number of nitrogens with two attached hydrogens (primary N) is 2. The molecule has 13 heteroatoms. The summed E-state index contributed by atoms with van der Waals surface area (Å²) < 4.78 is 22.1. The molecule has 47 heavy (non-hydrogen) atoms. The van der Waals surface area contributed by atoms with Crippen molar-refractivity contribution >= 4 is 28.6 Å². The van der Waals surface area contributed by atoms with E-state index in [4.69, 9.17) is 33.2 Å². The first-order chi connectivity index (χ1) is 22.6. The second-order valence-electron chi connectivity index (χ2n) is 12.4. The van der Waals surface area contributed by atoms with Gasteiger partial charge in [0, 0.05) is 54.9 Å². The van der Waals surface area contributed by atoms with Gasteiger partial charge in [-0.25, -0.2) is 9.18 Å². The number of hydrogen-bond acceptors (Lipinski definition) is 7. The Kier molecular flexibility index (Phi) is 11.6. The number of morpholine rings is 1. The Labute approximate surface area is 279 Å². The summed E-state index contributed by atoms with van der Waals surface area (Å²) in [5, 5.41) is 15.0. The predicted molar refractivity (Wildman–Crippen MR) is 186 cm³/mol. The molecule has 11 nitrogen and oxygen atoms in total. The van der Waals surface area contributed by atoms with Crippen LogP contribution in [0.15, 0.2) is 53.5 Å². The number of aromatic nitrogens is 3. The van der Waals surface area contributed by atoms with Crippen molar-refractivity contribution in [1.82, 2.24) is 30.1 Å². The molecule has 0 radical (unpaired) electrons. The highest BCUT2D eigenvalue weighted by molar-refractivity contribution is 6.31. The minimum atomic E-state index is -0.523. The van der Waals surface area contributed by atoms with E-state index in [-0.39, 0.29) is 29.1 Å². The summed E-state index contributed by atoms with van der Waals surface area (Å²) in [6.45, 7) is 8.78. The second-order valence-corrected chi connectivity index (χ2v) is 12.8. The second kappa shape index (κ2) is 15.9. The van der Waals surface area contributed by atoms with Crippen molar-refractivity contribution < 1.29 is 9.13 Å². The van der Waals surface area contributed by atoms with Crippen molar-refractivity contribution in [2.45, 2.75) is 57.7 Å². The molecule has 2 aromatic heterocycles. The number of aryl methyl sites for hydroxylation is 1. The average Bonchev–Trinajstić information content (AvgIpc) is 3.44. The molecule has 1 fully saturated rings. The lowest BCUT2D eigenvalue weighted by Crippen LogP contribution is -2.49. The number of rotatable bonds is 14. The molecular weight excluding hydrogens is 621 g/mol. The Balaban J connectivity index is 1.25. The highest BCUT2D eigenvalue weighted by atomic mass is 35.5. The van der Waals surface area contributed by atoms with Crippen molar-refractivity contribution in [1.29, 1.82) is 5.41 Å². The zero-order valence-corrected chi connectivity index (χ0v) is 27.7. The van der Waals surface area contributed by atoms with Crippen LogP contribution in [-0.4, -0.2) is 76.9 Å². The van der Waals surface area contributed by atoms with Gasteiger partial charge in [0.05, 0.1) is 29.6 Å². The summed E-state index contributed by atoms with van der Waals surface area (Å²) in [5.41, 5.74) is 14.9. The third-order valence-electron chi connectivity index (χ3n) is 8.57. The fourth-order valence-corrected chi connectivity index (χ4v) is 6.22. The first-order valence-electron chi connectivity index (χ1n) is 16.2. The van der Waals surface area contributed by atoms with Crippen LogP contribution in [0, 0.1) is 11.2 Å². The van der Waals surface area contributed by atoms with Crippen LogP contribution >= 0.6 is 11.6 Å². The van der Waals surface area contributed by atoms with Crippen molar-refractivity contribution in [3.63, 3.8) is 0 Å². The number of aromatic amines is 1. The molecule has 3 heterocycles. The molecule has 3 atom stereocenters. The monoisotopic (exact) mass is 665 g/mol. The lowest BCUT2D eigenvalue weighted by atomic mass is 10.0. The molecule has 5 rings (SSSR count). The van der Waals surface area contributed by atoms with Crippen molar-refractivity contribution in [3.05, 3.63) is 81.1 Å². The van der Waals surface area contributed by atoms with Crippen molar-refractivity contribution in [2.75, 3.05) is 39.4 Å². The number of guanidine groups is 1. The van der Waals surface area contributed by atoms with Crippen molar-refractivity contribution in [2.24, 2.45) is 11.5 Å². The van der Waals surface area contributed by atoms with Gasteiger partial charge in [-0.15, -0.1) is 0 Å². The Morgan fingerprint density at radius 1 is 1.17 bits per heavy atom. The van der Waals surface area contributed by atoms with E-state index in [9.17, 15) is 4.79 Å². The van der Waals surface area contributed by atoms with E-state index in [0.29, 0.717) is 28.0 Å². The molecule has 0 saturated carbocycles. The topological polar surface area (TPSA) is 163 Å². The van der Waals surface area contributed by atoms with Gasteiger partial charge in [-0.2, -0.15) is 4.98 Å². The maximum absolute atomic E-state index is 15.1. The molecule has 1 aliphatic heterocycles. The van der Waals surface area contributed by atoms with E-state index in [0.717, 1.165) is 76.2 Å². The van der Waals surface area contributed by atoms with Gasteiger partial charge in [0.2, 0.25) is 0 Å². The predicted octanol–water partition coefficient (Wildman–Crippen LogP) is 4.07. The summed E-state index contributed by atoms with van der Waals surface area (Å²) in [6, 6.07) is 13.2. The number of H-pyrrole nitrogens is 1. The number of nitrogens with one attached hydrogen (secondary N) is 4. The molecule has 1 aliphatic rings. The van der Waals surface area contributed by atoms with Gasteiger partial charge in [0.1, 0.15) is 5.65 Å². The molecule has 0 amide bonds. The Morgan fingerprint density at radius 3 is 2.62 bits per heavy atom. The normalized spacial score (nSPS) is 15.9. The van der Waals surface area contributed by atoms with Crippen LogP contribution in [0.4, 0.5) is 4.39 Å². The fraction of sp³-hybridized carbons (Fsp3) is 0.441. The van der Waals surface area contributed by atoms with Gasteiger partial charge < -0.3 is 31.8 Å². The van der Waals surface area contributed by atoms with E-state index in [2.05, 4.69) is 32.4 Å². The molecule has 8 N–H and O–H groups in total. The molecule has 0 aliphatic carbocycles. The summed E-state index contributed by atoms with van der Waals surface area (Å²) in [6.07, 6.45) is 4.97. The number of nitrogens with zero attached hydrogens (tertiary/aromatic N) is 3. The van der Waals surface area contributed by atoms with Gasteiger partial charge in [0.25, 0.3) is 0 Å². The van der Waals surface area contributed by atoms with Crippen LogP contribution in [0.25, 0.3) is 28.0 Å². The summed E-state index contributed by atoms with van der Waals surface area (Å²) in [7, 11) is 0. The lowest BCUT2D eigenvalue weighted by Gasteiger charge is -2.31. The quantitative estimate of drug-likeness (QED) is 0.0868. The van der Waals surface area contributed by atoms with Gasteiger partial charge in [-0.3, -0.25) is 14.9 Å². The number of halogens is 2. The molecule has 2 aromatic carbocycles. The Hall–Kier alpha value is -3.81. The van der Waals surface area contributed by atoms with Gasteiger partial charge in [-0.05, 0) is 87.5 Å². The maximum Gasteiger partial charge on any atom is 0.354 e. The molecule has 252 valence electrons. The number of benzene rings is 2. The van der Waals surface area contributed by atoms with E-state index >= 15 is 4.39 Å². The first-order valence-corrected chi connectivity index (χ1v) is 16.6. The zero-order valence-electron chi connectivity index (χ0n) is 27.0. The zero-order chi connectivity index (χ0) is 33.5. The van der Waals surface area contributed by atoms with Crippen molar-refractivity contribution in [3.8, 4) is 16.9 Å². The number of hydrogen-bond donors (Lipinski definition) is 6. The smallest absolute Gasteiger partial charge is 0.354 e. The van der Waals surface area contributed by atoms with Crippen LogP contribution in [-0.2, 0) is 11.2 Å². The Bertz CT molecular complexity index is 1720. The minimum Gasteiger partial charge on any atom is -0.379 e. The minimum absolute atomic E-state index is 0.0276. The van der Waals surface area contributed by atoms with Gasteiger partial charge in [-0.1, -0.05) is 23.7 Å². The van der Waals surface area contributed by atoms with E-state index in [1.165, 1.54) is 4.57 Å². The summed E-state index contributed by atoms with van der Waals surface area (Å²) >= 11 is 6.26. The van der Waals surface area contributed by atoms with Crippen LogP contribution in [0.3, 0.4) is 0 Å². The molecular formula is C34H45ClFN9O2. The van der Waals surface area contributed by atoms with Crippen LogP contribution in [0.1, 0.15) is 50.3 Å². The van der Waals surface area contributed by atoms with Crippen LogP contribution in [0.5, 0.6) is 0 Å². The third-order valence-corrected chi connectivity index (χ3v) is 8.84. The SMILES string of the molecule is C[C@H](N)CCCc1cc(Cl)c(F)c(-c2cc3cn(-c4ccc([C@H](C)NCCC(CN5CCOCC5)NC(=N)N)cc4)c(=O)nc3[nH]2)c1. The standard InChI is InChI=1S/C34H45ClFN9O2/c1-21(37)4-3-5-23-16-28(31(36)29(35)17-23)30-18-25-19-45(34(46)43-32(25)42-30)27-8-6-24(7-9-27)22(2)40-11-10-26(41-33(38)39)20-44-12-14-47-15-13-44/h6-9,16-19,21-22,26,40H,3-5,10-15,20,37H2,1-2H3,(H4,38,39,41)(H,42,43,46)/t21-,22-,26?/m0/s1. The summed E-state index contributed by atoms with van der Waals surface area (Å²) in [4.78, 5) is 22.7. The Morgan fingerprint density at radius 2 is 1.91 bits per heavy atom. The molecule has 0 spiro atoms. The third kappa shape index (κ3) is 9.17. The van der Waals surface area contributed by atoms with Crippen LogP contribution in [0.2, 0.25) is 5.02 Å². The lowest BCUT2D eigenvalue weighted by molar-refractivity contribution is 0.0340. The summed E-state index contributed by atoms with van der Waals surface area (Å²) in [5.74, 6) is -0.550. The molecule has 1 unspecified atom stereocenters. The number of fused-ring (bicyclic) bond motifs is 1. The molecule has 1 saturated heterocycles. The van der Waals surface area contributed by atoms with E-state index in [1.807, 2.05) is 31.2 Å². The fourth-order valence-electron chi connectivity index (χ4n) is 5.98. The molecule has 0 bridgehead atoms. The highest BCUT2D eigenvalue weighted by Gasteiger charge is 2.18. The van der Waals surface area contributed by atoms with Gasteiger partial charge in [0.15, 0.2) is 11.8 Å². The van der Waals surface area contributed by atoms with E-state index < -0.39 is 11.5 Å². The van der Waals surface area contributed by atoms with E-state index in [1.54, 1.807) is 24.4 Å². The first kappa shape index (κ1) is 34.5.